The predicted octanol–water partition coefficient (Wildman–Crippen LogP) is 3.72. The van der Waals surface area contributed by atoms with Crippen molar-refractivity contribution in [3.8, 4) is 5.75 Å². The average molecular weight is 310 g/mol. The van der Waals surface area contributed by atoms with Crippen LogP contribution in [-0.2, 0) is 0 Å². The van der Waals surface area contributed by atoms with Crippen LogP contribution in [0, 0.1) is 0 Å². The Labute approximate surface area is 134 Å². The molecule has 2 aromatic carbocycles. The van der Waals surface area contributed by atoms with Gasteiger partial charge in [0.1, 0.15) is 17.3 Å². The van der Waals surface area contributed by atoms with Gasteiger partial charge >= 0.3 is 0 Å². The summed E-state index contributed by atoms with van der Waals surface area (Å²) < 4.78 is 11.2. The fourth-order valence-electron chi connectivity index (χ4n) is 2.35. The van der Waals surface area contributed by atoms with Gasteiger partial charge in [0.25, 0.3) is 5.91 Å². The zero-order valence-corrected chi connectivity index (χ0v) is 13.1. The molecule has 5 heteroatoms. The van der Waals surface area contributed by atoms with Crippen molar-refractivity contribution in [3.63, 3.8) is 0 Å². The van der Waals surface area contributed by atoms with Crippen molar-refractivity contribution in [2.24, 2.45) is 0 Å². The van der Waals surface area contributed by atoms with Crippen LogP contribution in [0.3, 0.4) is 0 Å². The predicted molar refractivity (Wildman–Crippen MR) is 87.5 cm³/mol. The summed E-state index contributed by atoms with van der Waals surface area (Å²) in [5.74, 6) is 0.828. The van der Waals surface area contributed by atoms with Gasteiger partial charge in [-0.2, -0.15) is 0 Å². The van der Waals surface area contributed by atoms with Gasteiger partial charge in [-0.3, -0.25) is 4.79 Å². The van der Waals surface area contributed by atoms with Crippen molar-refractivity contribution in [1.82, 2.24) is 10.3 Å². The lowest BCUT2D eigenvalue weighted by Gasteiger charge is -2.13. The Hall–Kier alpha value is -2.82. The Morgan fingerprint density at radius 2 is 1.96 bits per heavy atom. The van der Waals surface area contributed by atoms with E-state index in [2.05, 4.69) is 10.3 Å². The number of oxazole rings is 1. The summed E-state index contributed by atoms with van der Waals surface area (Å²) in [5, 5.41) is 2.90. The maximum atomic E-state index is 12.5. The van der Waals surface area contributed by atoms with E-state index in [-0.39, 0.29) is 11.9 Å². The lowest BCUT2D eigenvalue weighted by molar-refractivity contribution is 0.0930. The smallest absolute Gasteiger partial charge is 0.255 e. The van der Waals surface area contributed by atoms with E-state index in [0.29, 0.717) is 29.4 Å². The topological polar surface area (TPSA) is 64.4 Å². The highest BCUT2D eigenvalue weighted by Gasteiger charge is 2.18. The second-order valence-corrected chi connectivity index (χ2v) is 5.14. The number of carbonyl (C=O) groups is 1. The molecule has 0 aliphatic rings. The van der Waals surface area contributed by atoms with Crippen LogP contribution in [0.4, 0.5) is 0 Å². The molecule has 0 saturated heterocycles. The average Bonchev–Trinajstić information content (AvgIpc) is 3.00. The third-order valence-corrected chi connectivity index (χ3v) is 3.46. The first kappa shape index (κ1) is 15.1. The molecule has 1 unspecified atom stereocenters. The Balaban J connectivity index is 1.79. The van der Waals surface area contributed by atoms with Gasteiger partial charge in [-0.1, -0.05) is 24.3 Å². The van der Waals surface area contributed by atoms with E-state index in [4.69, 9.17) is 9.15 Å². The maximum Gasteiger partial charge on any atom is 0.255 e. The third-order valence-electron chi connectivity index (χ3n) is 3.46. The number of carbonyl (C=O) groups excluding carboxylic acids is 1. The van der Waals surface area contributed by atoms with Crippen molar-refractivity contribution in [3.05, 3.63) is 60.0 Å². The first-order chi connectivity index (χ1) is 11.2. The molecular formula is C18H18N2O3. The number of benzene rings is 2. The van der Waals surface area contributed by atoms with Gasteiger partial charge in [-0.05, 0) is 38.1 Å². The van der Waals surface area contributed by atoms with Gasteiger partial charge in [0, 0.05) is 0 Å². The third kappa shape index (κ3) is 3.18. The van der Waals surface area contributed by atoms with Crippen LogP contribution < -0.4 is 10.1 Å². The molecule has 0 aliphatic carbocycles. The number of nitrogens with one attached hydrogen (secondary N) is 1. The molecule has 0 fully saturated rings. The highest BCUT2D eigenvalue weighted by atomic mass is 16.5. The number of fused-ring (bicyclic) bond motifs is 1. The monoisotopic (exact) mass is 310 g/mol. The molecule has 0 saturated carbocycles. The van der Waals surface area contributed by atoms with Crippen molar-refractivity contribution in [2.45, 2.75) is 19.9 Å². The van der Waals surface area contributed by atoms with E-state index in [9.17, 15) is 4.79 Å². The Morgan fingerprint density at radius 3 is 2.74 bits per heavy atom. The molecule has 23 heavy (non-hydrogen) atoms. The second kappa shape index (κ2) is 6.52. The van der Waals surface area contributed by atoms with E-state index >= 15 is 0 Å². The molecule has 1 N–H and O–H groups in total. The lowest BCUT2D eigenvalue weighted by atomic mass is 10.1. The van der Waals surface area contributed by atoms with Crippen LogP contribution >= 0.6 is 0 Å². The summed E-state index contributed by atoms with van der Waals surface area (Å²) in [6, 6.07) is 14.3. The Bertz CT molecular complexity index is 793. The molecular weight excluding hydrogens is 292 g/mol. The molecule has 0 aliphatic heterocycles. The molecule has 1 aromatic heterocycles. The minimum Gasteiger partial charge on any atom is -0.493 e. The number of hydrogen-bond acceptors (Lipinski definition) is 4. The fourth-order valence-corrected chi connectivity index (χ4v) is 2.35. The zero-order valence-electron chi connectivity index (χ0n) is 13.1. The van der Waals surface area contributed by atoms with Gasteiger partial charge < -0.3 is 14.5 Å². The molecule has 1 amide bonds. The largest absolute Gasteiger partial charge is 0.493 e. The number of para-hydroxylation sites is 3. The lowest BCUT2D eigenvalue weighted by Crippen LogP contribution is -2.27. The summed E-state index contributed by atoms with van der Waals surface area (Å²) in [4.78, 5) is 16.9. The van der Waals surface area contributed by atoms with E-state index < -0.39 is 0 Å². The van der Waals surface area contributed by atoms with Crippen molar-refractivity contribution >= 4 is 17.0 Å². The van der Waals surface area contributed by atoms with Gasteiger partial charge in [0.2, 0.25) is 5.89 Å². The molecule has 0 bridgehead atoms. The van der Waals surface area contributed by atoms with E-state index in [1.54, 1.807) is 12.1 Å². The van der Waals surface area contributed by atoms with E-state index in [1.165, 1.54) is 0 Å². The van der Waals surface area contributed by atoms with Gasteiger partial charge in [-0.25, -0.2) is 4.98 Å². The fraction of sp³-hybridized carbons (Fsp3) is 0.222. The van der Waals surface area contributed by atoms with Gasteiger partial charge in [-0.15, -0.1) is 0 Å². The van der Waals surface area contributed by atoms with Gasteiger partial charge in [0.15, 0.2) is 5.58 Å². The molecule has 0 radical (unpaired) electrons. The SMILES string of the molecule is CCOc1ccccc1C(=O)NC(C)c1nc2ccccc2o1. The second-order valence-electron chi connectivity index (χ2n) is 5.14. The summed E-state index contributed by atoms with van der Waals surface area (Å²) in [7, 11) is 0. The highest BCUT2D eigenvalue weighted by Crippen LogP contribution is 2.22. The number of rotatable bonds is 5. The zero-order chi connectivity index (χ0) is 16.2. The Kier molecular flexibility index (Phi) is 4.28. The summed E-state index contributed by atoms with van der Waals surface area (Å²) >= 11 is 0. The summed E-state index contributed by atoms with van der Waals surface area (Å²) in [5.41, 5.74) is 1.98. The normalized spacial score (nSPS) is 12.1. The first-order valence-electron chi connectivity index (χ1n) is 7.57. The molecule has 0 spiro atoms. The number of amides is 1. The van der Waals surface area contributed by atoms with Crippen molar-refractivity contribution in [2.75, 3.05) is 6.61 Å². The van der Waals surface area contributed by atoms with Crippen LogP contribution in [-0.4, -0.2) is 17.5 Å². The Morgan fingerprint density at radius 1 is 1.22 bits per heavy atom. The maximum absolute atomic E-state index is 12.5. The number of ether oxygens (including phenoxy) is 1. The molecule has 3 rings (SSSR count). The van der Waals surface area contributed by atoms with Crippen LogP contribution in [0.5, 0.6) is 5.75 Å². The summed E-state index contributed by atoms with van der Waals surface area (Å²) in [6.07, 6.45) is 0. The van der Waals surface area contributed by atoms with Crippen molar-refractivity contribution < 1.29 is 13.9 Å². The number of aromatic nitrogens is 1. The van der Waals surface area contributed by atoms with Crippen molar-refractivity contribution in [1.29, 1.82) is 0 Å². The van der Waals surface area contributed by atoms with Crippen LogP contribution in [0.1, 0.15) is 36.1 Å². The minimum absolute atomic E-state index is 0.219. The quantitative estimate of drug-likeness (QED) is 0.780. The molecule has 1 atom stereocenters. The molecule has 118 valence electrons. The number of hydrogen-bond donors (Lipinski definition) is 1. The minimum atomic E-state index is -0.343. The highest BCUT2D eigenvalue weighted by molar-refractivity contribution is 5.97. The molecule has 5 nitrogen and oxygen atoms in total. The van der Waals surface area contributed by atoms with Crippen LogP contribution in [0.15, 0.2) is 52.9 Å². The van der Waals surface area contributed by atoms with Gasteiger partial charge in [0.05, 0.1) is 12.2 Å². The number of nitrogens with zero attached hydrogens (tertiary/aromatic N) is 1. The van der Waals surface area contributed by atoms with E-state index in [0.717, 1.165) is 5.52 Å². The molecule has 3 aromatic rings. The molecule has 1 heterocycles. The van der Waals surface area contributed by atoms with Crippen LogP contribution in [0.2, 0.25) is 0 Å². The van der Waals surface area contributed by atoms with Crippen LogP contribution in [0.25, 0.3) is 11.1 Å². The standard InChI is InChI=1S/C18H18N2O3/c1-3-22-15-10-6-4-8-13(15)17(21)19-12(2)18-20-14-9-5-7-11-16(14)23-18/h4-12H,3H2,1-2H3,(H,19,21). The van der Waals surface area contributed by atoms with E-state index in [1.807, 2.05) is 50.2 Å². The summed E-state index contributed by atoms with van der Waals surface area (Å²) in [6.45, 7) is 4.23. The first-order valence-corrected chi connectivity index (χ1v) is 7.57.